The number of aliphatic hydroxyl groups is 1. The summed E-state index contributed by atoms with van der Waals surface area (Å²) in [4.78, 5) is 34.8. The van der Waals surface area contributed by atoms with Crippen LogP contribution in [0.3, 0.4) is 0 Å². The van der Waals surface area contributed by atoms with E-state index in [1.807, 2.05) is 56.7 Å². The third-order valence-corrected chi connectivity index (χ3v) is 8.65. The summed E-state index contributed by atoms with van der Waals surface area (Å²) in [6.45, 7) is 7.56. The zero-order chi connectivity index (χ0) is 32.5. The average molecular weight is 628 g/mol. The molecule has 2 amide bonds. The van der Waals surface area contributed by atoms with E-state index in [9.17, 15) is 14.7 Å². The zero-order valence-electron chi connectivity index (χ0n) is 27.1. The van der Waals surface area contributed by atoms with Gasteiger partial charge in [-0.05, 0) is 66.3 Å². The number of nitrogens with zero attached hydrogens (tertiary/aromatic N) is 3. The Kier molecular flexibility index (Phi) is 11.9. The molecule has 45 heavy (non-hydrogen) atoms. The highest BCUT2D eigenvalue weighted by molar-refractivity contribution is 7.09. The van der Waals surface area contributed by atoms with Crippen LogP contribution < -0.4 is 15.5 Å². The molecule has 238 valence electrons. The minimum absolute atomic E-state index is 0.193. The van der Waals surface area contributed by atoms with Crippen LogP contribution in [0.2, 0.25) is 0 Å². The highest BCUT2D eigenvalue weighted by atomic mass is 32.1. The van der Waals surface area contributed by atoms with Gasteiger partial charge in [-0.1, -0.05) is 56.3 Å². The van der Waals surface area contributed by atoms with Crippen molar-refractivity contribution >= 4 is 28.8 Å². The molecule has 0 saturated heterocycles. The quantitative estimate of drug-likeness (QED) is 0.173. The maximum Gasteiger partial charge on any atom is 0.253 e. The first kappa shape index (κ1) is 33.8. The molecule has 4 aromatic rings. The summed E-state index contributed by atoms with van der Waals surface area (Å²) in [6.07, 6.45) is -0.397. The van der Waals surface area contributed by atoms with Crippen LogP contribution in [-0.4, -0.2) is 66.6 Å². The van der Waals surface area contributed by atoms with Crippen LogP contribution in [0.1, 0.15) is 67.9 Å². The molecule has 0 radical (unpaired) electrons. The molecule has 0 aliphatic rings. The van der Waals surface area contributed by atoms with Crippen LogP contribution in [0.25, 0.3) is 0 Å². The van der Waals surface area contributed by atoms with Gasteiger partial charge in [-0.3, -0.25) is 9.59 Å². The maximum atomic E-state index is 13.5. The standard InChI is InChI=1S/C36H45N5O3S/c1-24(2)30-15-27(16-31(19-30)40(4)5)20-37-21-33(42)32(17-26-11-8-7-9-12-26)39-35(43)28-13-10-14-29(18-28)36(44)41(6)22-34-38-25(3)23-45-34/h7-16,18-19,23-24,32-33,37,42H,17,20-22H2,1-6H3,(H,39,43)/t32-,33+/m0/s1. The summed E-state index contributed by atoms with van der Waals surface area (Å²) in [6, 6.07) is 22.5. The van der Waals surface area contributed by atoms with E-state index >= 15 is 0 Å². The van der Waals surface area contributed by atoms with Crippen molar-refractivity contribution < 1.29 is 14.7 Å². The van der Waals surface area contributed by atoms with Crippen LogP contribution in [0.4, 0.5) is 5.69 Å². The van der Waals surface area contributed by atoms with Gasteiger partial charge in [0.1, 0.15) is 5.01 Å². The number of anilines is 1. The average Bonchev–Trinajstić information content (AvgIpc) is 3.44. The number of aliphatic hydroxyl groups excluding tert-OH is 1. The van der Waals surface area contributed by atoms with Crippen molar-refractivity contribution in [3.05, 3.63) is 117 Å². The molecular weight excluding hydrogens is 582 g/mol. The first-order chi connectivity index (χ1) is 21.5. The minimum Gasteiger partial charge on any atom is -0.390 e. The highest BCUT2D eigenvalue weighted by Crippen LogP contribution is 2.23. The van der Waals surface area contributed by atoms with Crippen molar-refractivity contribution in [3.63, 3.8) is 0 Å². The van der Waals surface area contributed by atoms with Gasteiger partial charge in [0.25, 0.3) is 11.8 Å². The second-order valence-electron chi connectivity index (χ2n) is 12.1. The fraction of sp³-hybridized carbons (Fsp3) is 0.361. The molecule has 9 heteroatoms. The van der Waals surface area contributed by atoms with Crippen LogP contribution in [0, 0.1) is 6.92 Å². The summed E-state index contributed by atoms with van der Waals surface area (Å²) in [7, 11) is 5.79. The zero-order valence-corrected chi connectivity index (χ0v) is 27.9. The molecule has 1 aromatic heterocycles. The Balaban J connectivity index is 1.44. The van der Waals surface area contributed by atoms with E-state index in [0.29, 0.717) is 43.1 Å². The van der Waals surface area contributed by atoms with Gasteiger partial charge in [0, 0.05) is 62.1 Å². The van der Waals surface area contributed by atoms with Gasteiger partial charge >= 0.3 is 0 Å². The SMILES string of the molecule is Cc1csc(CN(C)C(=O)c2cccc(C(=O)N[C@@H](Cc3ccccc3)[C@H](O)CNCc3cc(C(C)C)cc(N(C)C)c3)c2)n1. The van der Waals surface area contributed by atoms with Crippen LogP contribution >= 0.6 is 11.3 Å². The molecule has 4 rings (SSSR count). The molecule has 2 atom stereocenters. The molecule has 0 fully saturated rings. The third kappa shape index (κ3) is 9.72. The Morgan fingerprint density at radius 3 is 2.33 bits per heavy atom. The van der Waals surface area contributed by atoms with E-state index in [2.05, 4.69) is 52.6 Å². The van der Waals surface area contributed by atoms with Gasteiger partial charge in [0.2, 0.25) is 0 Å². The number of aromatic nitrogens is 1. The van der Waals surface area contributed by atoms with E-state index in [1.165, 1.54) is 16.9 Å². The molecule has 0 spiro atoms. The van der Waals surface area contributed by atoms with Crippen molar-refractivity contribution in [2.45, 2.75) is 58.3 Å². The number of benzene rings is 3. The molecule has 0 aliphatic carbocycles. The van der Waals surface area contributed by atoms with E-state index in [-0.39, 0.29) is 11.8 Å². The lowest BCUT2D eigenvalue weighted by Gasteiger charge is -2.25. The smallest absolute Gasteiger partial charge is 0.253 e. The van der Waals surface area contributed by atoms with E-state index < -0.39 is 12.1 Å². The molecule has 3 N–H and O–H groups in total. The van der Waals surface area contributed by atoms with E-state index in [1.54, 1.807) is 36.2 Å². The topological polar surface area (TPSA) is 97.8 Å². The summed E-state index contributed by atoms with van der Waals surface area (Å²) in [5, 5.41) is 20.6. The number of aryl methyl sites for hydroxylation is 1. The molecule has 1 heterocycles. The highest BCUT2D eigenvalue weighted by Gasteiger charge is 2.23. The van der Waals surface area contributed by atoms with Crippen LogP contribution in [-0.2, 0) is 19.5 Å². The molecule has 3 aromatic carbocycles. The number of hydrogen-bond acceptors (Lipinski definition) is 7. The van der Waals surface area contributed by atoms with Crippen molar-refractivity contribution in [3.8, 4) is 0 Å². The second-order valence-corrected chi connectivity index (χ2v) is 13.0. The largest absolute Gasteiger partial charge is 0.390 e. The number of hydrogen-bond donors (Lipinski definition) is 3. The second kappa shape index (κ2) is 15.8. The Labute approximate surface area is 271 Å². The van der Waals surface area contributed by atoms with Crippen molar-refractivity contribution in [1.29, 1.82) is 0 Å². The van der Waals surface area contributed by atoms with Gasteiger partial charge in [0.05, 0.1) is 18.7 Å². The number of rotatable bonds is 14. The summed E-state index contributed by atoms with van der Waals surface area (Å²) in [5.74, 6) is -0.138. The number of carbonyl (C=O) groups excluding carboxylic acids is 2. The lowest BCUT2D eigenvalue weighted by molar-refractivity contribution is 0.0784. The molecule has 0 aliphatic heterocycles. The predicted octanol–water partition coefficient (Wildman–Crippen LogP) is 5.40. The monoisotopic (exact) mass is 627 g/mol. The lowest BCUT2D eigenvalue weighted by Crippen LogP contribution is -2.48. The van der Waals surface area contributed by atoms with Crippen molar-refractivity contribution in [2.75, 3.05) is 32.6 Å². The summed E-state index contributed by atoms with van der Waals surface area (Å²) in [5.41, 5.74) is 6.24. The van der Waals surface area contributed by atoms with E-state index in [0.717, 1.165) is 27.5 Å². The summed E-state index contributed by atoms with van der Waals surface area (Å²) >= 11 is 1.52. The maximum absolute atomic E-state index is 13.5. The molecular formula is C36H45N5O3S. The number of amides is 2. The number of thiazole rings is 1. The van der Waals surface area contributed by atoms with Crippen molar-refractivity contribution in [2.24, 2.45) is 0 Å². The van der Waals surface area contributed by atoms with Gasteiger partial charge in [0.15, 0.2) is 0 Å². The number of carbonyl (C=O) groups is 2. The van der Waals surface area contributed by atoms with E-state index in [4.69, 9.17) is 0 Å². The van der Waals surface area contributed by atoms with Gasteiger partial charge < -0.3 is 25.5 Å². The lowest BCUT2D eigenvalue weighted by atomic mass is 9.99. The van der Waals surface area contributed by atoms with Crippen molar-refractivity contribution in [1.82, 2.24) is 20.5 Å². The molecule has 0 saturated carbocycles. The van der Waals surface area contributed by atoms with Crippen LogP contribution in [0.5, 0.6) is 0 Å². The molecule has 0 unspecified atom stereocenters. The van der Waals surface area contributed by atoms with Crippen LogP contribution in [0.15, 0.2) is 78.2 Å². The Morgan fingerprint density at radius 1 is 0.933 bits per heavy atom. The Hall–Kier alpha value is -4.05. The first-order valence-electron chi connectivity index (χ1n) is 15.3. The molecule has 8 nitrogen and oxygen atoms in total. The Bertz CT molecular complexity index is 1540. The van der Waals surface area contributed by atoms with Gasteiger partial charge in [-0.25, -0.2) is 4.98 Å². The fourth-order valence-corrected chi connectivity index (χ4v) is 5.89. The third-order valence-electron chi connectivity index (χ3n) is 7.70. The summed E-state index contributed by atoms with van der Waals surface area (Å²) < 4.78 is 0. The normalized spacial score (nSPS) is 12.5. The first-order valence-corrected chi connectivity index (χ1v) is 16.2. The van der Waals surface area contributed by atoms with Gasteiger partial charge in [-0.15, -0.1) is 11.3 Å². The van der Waals surface area contributed by atoms with Gasteiger partial charge in [-0.2, -0.15) is 0 Å². The Morgan fingerprint density at radius 2 is 1.67 bits per heavy atom. The molecule has 0 bridgehead atoms. The fourth-order valence-electron chi connectivity index (χ4n) is 5.07. The number of nitrogens with one attached hydrogen (secondary N) is 2. The minimum atomic E-state index is -0.853. The predicted molar refractivity (Wildman–Crippen MR) is 183 cm³/mol.